The molecule has 1 fully saturated rings. The van der Waals surface area contributed by atoms with Gasteiger partial charge >= 0.3 is 6.18 Å². The molecular weight excluding hydrogens is 195 g/mol. The minimum Gasteiger partial charge on any atom is -0.302 e. The summed E-state index contributed by atoms with van der Waals surface area (Å²) in [5.74, 6) is -1.25. The molecule has 2 atom stereocenters. The molecule has 1 aliphatic rings. The summed E-state index contributed by atoms with van der Waals surface area (Å²) >= 11 is 0. The van der Waals surface area contributed by atoms with E-state index in [0.29, 0.717) is 19.4 Å². The van der Waals surface area contributed by atoms with Gasteiger partial charge in [-0.1, -0.05) is 12.8 Å². The topological polar surface area (TPSA) is 21.3 Å². The lowest BCUT2D eigenvalue weighted by Crippen LogP contribution is -2.45. The van der Waals surface area contributed by atoms with Gasteiger partial charge in [0.05, 0.1) is 12.5 Å². The van der Waals surface area contributed by atoms with Crippen LogP contribution in [0.1, 0.15) is 32.6 Å². The summed E-state index contributed by atoms with van der Waals surface area (Å²) in [6, 6.07) is -0.566. The maximum Gasteiger partial charge on any atom is 0.393 e. The molecule has 2 unspecified atom stereocenters. The molecule has 0 radical (unpaired) electrons. The third-order valence-corrected chi connectivity index (χ3v) is 2.57. The van der Waals surface area contributed by atoms with Crippen LogP contribution < -0.4 is 5.48 Å². The van der Waals surface area contributed by atoms with Crippen molar-refractivity contribution in [2.24, 2.45) is 5.92 Å². The summed E-state index contributed by atoms with van der Waals surface area (Å²) in [5, 5.41) is 0. The van der Waals surface area contributed by atoms with Crippen LogP contribution >= 0.6 is 0 Å². The molecule has 1 saturated carbocycles. The normalized spacial score (nSPS) is 29.1. The Hall–Kier alpha value is -0.290. The van der Waals surface area contributed by atoms with Crippen molar-refractivity contribution < 1.29 is 18.0 Å². The Balaban J connectivity index is 2.50. The molecule has 84 valence electrons. The lowest BCUT2D eigenvalue weighted by molar-refractivity contribution is -0.199. The largest absolute Gasteiger partial charge is 0.393 e. The molecule has 0 aromatic rings. The van der Waals surface area contributed by atoms with Gasteiger partial charge in [-0.25, -0.2) is 0 Å². The van der Waals surface area contributed by atoms with Crippen molar-refractivity contribution in [3.05, 3.63) is 0 Å². The first-order chi connectivity index (χ1) is 6.55. The lowest BCUT2D eigenvalue weighted by atomic mass is 9.84. The molecular formula is C9H16F3NO. The molecule has 1 rings (SSSR count). The molecule has 0 saturated heterocycles. The first kappa shape index (κ1) is 11.8. The Morgan fingerprint density at radius 1 is 1.29 bits per heavy atom. The summed E-state index contributed by atoms with van der Waals surface area (Å²) < 4.78 is 37.6. The van der Waals surface area contributed by atoms with Gasteiger partial charge in [0.1, 0.15) is 0 Å². The highest BCUT2D eigenvalue weighted by atomic mass is 19.4. The van der Waals surface area contributed by atoms with Gasteiger partial charge in [-0.15, -0.1) is 0 Å². The number of alkyl halides is 3. The molecule has 1 aliphatic carbocycles. The second-order valence-electron chi connectivity index (χ2n) is 3.59. The number of hydrogen-bond donors (Lipinski definition) is 1. The second kappa shape index (κ2) is 4.98. The molecule has 0 spiro atoms. The summed E-state index contributed by atoms with van der Waals surface area (Å²) in [7, 11) is 0. The minimum absolute atomic E-state index is 0.217. The van der Waals surface area contributed by atoms with Crippen molar-refractivity contribution in [3.63, 3.8) is 0 Å². The van der Waals surface area contributed by atoms with Crippen molar-refractivity contribution in [3.8, 4) is 0 Å². The highest BCUT2D eigenvalue weighted by Crippen LogP contribution is 2.37. The van der Waals surface area contributed by atoms with E-state index in [0.717, 1.165) is 6.42 Å². The fraction of sp³-hybridized carbons (Fsp3) is 1.00. The van der Waals surface area contributed by atoms with Crippen molar-refractivity contribution in [1.82, 2.24) is 5.48 Å². The van der Waals surface area contributed by atoms with E-state index in [9.17, 15) is 13.2 Å². The quantitative estimate of drug-likeness (QED) is 0.724. The van der Waals surface area contributed by atoms with Crippen LogP contribution in [0.25, 0.3) is 0 Å². The summed E-state index contributed by atoms with van der Waals surface area (Å²) in [5.41, 5.74) is 2.51. The van der Waals surface area contributed by atoms with Crippen molar-refractivity contribution >= 4 is 0 Å². The van der Waals surface area contributed by atoms with Crippen LogP contribution in [0.2, 0.25) is 0 Å². The smallest absolute Gasteiger partial charge is 0.302 e. The van der Waals surface area contributed by atoms with Crippen molar-refractivity contribution in [1.29, 1.82) is 0 Å². The Kier molecular flexibility index (Phi) is 4.19. The first-order valence-corrected chi connectivity index (χ1v) is 4.99. The van der Waals surface area contributed by atoms with E-state index in [1.54, 1.807) is 6.92 Å². The van der Waals surface area contributed by atoms with Crippen LogP contribution in [-0.4, -0.2) is 18.8 Å². The van der Waals surface area contributed by atoms with E-state index >= 15 is 0 Å². The number of hydroxylamine groups is 1. The predicted molar refractivity (Wildman–Crippen MR) is 46.6 cm³/mol. The van der Waals surface area contributed by atoms with E-state index in [1.807, 2.05) is 0 Å². The van der Waals surface area contributed by atoms with Crippen molar-refractivity contribution in [2.75, 3.05) is 6.61 Å². The molecule has 1 N–H and O–H groups in total. The predicted octanol–water partition coefficient (Wildman–Crippen LogP) is 2.65. The van der Waals surface area contributed by atoms with Gasteiger partial charge in [0, 0.05) is 6.04 Å². The lowest BCUT2D eigenvalue weighted by Gasteiger charge is -2.32. The number of hydrogen-bond acceptors (Lipinski definition) is 2. The van der Waals surface area contributed by atoms with E-state index in [1.165, 1.54) is 0 Å². The monoisotopic (exact) mass is 211 g/mol. The zero-order valence-corrected chi connectivity index (χ0v) is 8.23. The van der Waals surface area contributed by atoms with E-state index in [2.05, 4.69) is 5.48 Å². The second-order valence-corrected chi connectivity index (χ2v) is 3.59. The average molecular weight is 211 g/mol. The van der Waals surface area contributed by atoms with Crippen LogP contribution in [0, 0.1) is 5.92 Å². The van der Waals surface area contributed by atoms with Gasteiger partial charge in [0.15, 0.2) is 0 Å². The van der Waals surface area contributed by atoms with Gasteiger partial charge in [-0.2, -0.15) is 18.7 Å². The molecule has 5 heteroatoms. The van der Waals surface area contributed by atoms with E-state index in [-0.39, 0.29) is 6.42 Å². The van der Waals surface area contributed by atoms with Gasteiger partial charge in [0.2, 0.25) is 0 Å². The third-order valence-electron chi connectivity index (χ3n) is 2.57. The molecule has 0 aromatic carbocycles. The Morgan fingerprint density at radius 2 is 1.93 bits per heavy atom. The molecule has 0 aromatic heterocycles. The third kappa shape index (κ3) is 3.13. The molecule has 0 heterocycles. The molecule has 14 heavy (non-hydrogen) atoms. The van der Waals surface area contributed by atoms with Gasteiger partial charge in [0.25, 0.3) is 0 Å². The molecule has 0 amide bonds. The molecule has 0 bridgehead atoms. The first-order valence-electron chi connectivity index (χ1n) is 4.99. The summed E-state index contributed by atoms with van der Waals surface area (Å²) in [4.78, 5) is 4.85. The fourth-order valence-electron chi connectivity index (χ4n) is 1.85. The maximum absolute atomic E-state index is 12.5. The zero-order valence-electron chi connectivity index (χ0n) is 8.23. The van der Waals surface area contributed by atoms with E-state index < -0.39 is 18.1 Å². The van der Waals surface area contributed by atoms with Crippen LogP contribution in [0.15, 0.2) is 0 Å². The standard InChI is InChI=1S/C9H16F3NO/c1-2-14-13-8-6-4-3-5-7(8)9(10,11)12/h7-8,13H,2-6H2,1H3. The molecule has 2 nitrogen and oxygen atoms in total. The number of halogens is 3. The van der Waals surface area contributed by atoms with Crippen LogP contribution in [-0.2, 0) is 4.84 Å². The minimum atomic E-state index is -4.10. The van der Waals surface area contributed by atoms with Gasteiger partial charge in [-0.05, 0) is 19.8 Å². The van der Waals surface area contributed by atoms with Crippen LogP contribution in [0.4, 0.5) is 13.2 Å². The summed E-state index contributed by atoms with van der Waals surface area (Å²) in [6.07, 6.45) is -1.83. The van der Waals surface area contributed by atoms with Crippen molar-refractivity contribution in [2.45, 2.75) is 44.8 Å². The van der Waals surface area contributed by atoms with Gasteiger partial charge in [-0.3, -0.25) is 0 Å². The average Bonchev–Trinajstić information content (AvgIpc) is 2.14. The van der Waals surface area contributed by atoms with E-state index in [4.69, 9.17) is 4.84 Å². The van der Waals surface area contributed by atoms with Crippen LogP contribution in [0.3, 0.4) is 0 Å². The Labute approximate surface area is 81.8 Å². The Bertz CT molecular complexity index is 172. The number of nitrogens with one attached hydrogen (secondary N) is 1. The highest BCUT2D eigenvalue weighted by Gasteiger charge is 2.45. The fourth-order valence-corrected chi connectivity index (χ4v) is 1.85. The van der Waals surface area contributed by atoms with Gasteiger partial charge < -0.3 is 4.84 Å². The number of rotatable bonds is 3. The summed E-state index contributed by atoms with van der Waals surface area (Å²) in [6.45, 7) is 2.14. The highest BCUT2D eigenvalue weighted by molar-refractivity contribution is 4.83. The molecule has 0 aliphatic heterocycles. The van der Waals surface area contributed by atoms with Crippen LogP contribution in [0.5, 0.6) is 0 Å². The maximum atomic E-state index is 12.5. The SMILES string of the molecule is CCONC1CCCCC1C(F)(F)F. The zero-order chi connectivity index (χ0) is 10.6. The Morgan fingerprint density at radius 3 is 2.50 bits per heavy atom.